The van der Waals surface area contributed by atoms with Crippen molar-refractivity contribution in [2.45, 2.75) is 0 Å². The van der Waals surface area contributed by atoms with E-state index in [0.717, 1.165) is 38.6 Å². The van der Waals surface area contributed by atoms with Crippen molar-refractivity contribution >= 4 is 55.8 Å². The quantitative estimate of drug-likeness (QED) is 0.207. The van der Waals surface area contributed by atoms with Crippen LogP contribution in [0.3, 0.4) is 0 Å². The van der Waals surface area contributed by atoms with Crippen LogP contribution in [0.25, 0.3) is 90.2 Å². The van der Waals surface area contributed by atoms with E-state index in [1.165, 1.54) is 32.9 Å². The Balaban J connectivity index is 1.32. The van der Waals surface area contributed by atoms with E-state index in [1.54, 1.807) is 0 Å². The lowest BCUT2D eigenvalue weighted by atomic mass is 10.1. The van der Waals surface area contributed by atoms with Crippen molar-refractivity contribution in [2.24, 2.45) is 0 Å². The number of benzene rings is 6. The average Bonchev–Trinajstić information content (AvgIpc) is 3.57. The van der Waals surface area contributed by atoms with Crippen molar-refractivity contribution in [1.29, 1.82) is 0 Å². The molecule has 0 bridgehead atoms. The van der Waals surface area contributed by atoms with Gasteiger partial charge in [-0.1, -0.05) is 127 Å². The zero-order valence-corrected chi connectivity index (χ0v) is 24.7. The SMILES string of the molecule is C1=Cc2cccc3c4ccccc4n(c23)-c2cc3c(cc21)c1ccccc1n3-c1nc(-c2ccccc2)nc(-c2ccccc2)n1. The molecule has 1 aliphatic rings. The number of fused-ring (bicyclic) bond motifs is 8. The van der Waals surface area contributed by atoms with Crippen LogP contribution in [0, 0.1) is 0 Å². The molecule has 0 saturated heterocycles. The van der Waals surface area contributed by atoms with Crippen molar-refractivity contribution < 1.29 is 0 Å². The van der Waals surface area contributed by atoms with Crippen LogP contribution in [0.1, 0.15) is 11.1 Å². The second-order valence-electron chi connectivity index (χ2n) is 11.7. The highest BCUT2D eigenvalue weighted by Crippen LogP contribution is 2.41. The van der Waals surface area contributed by atoms with E-state index in [9.17, 15) is 0 Å². The van der Waals surface area contributed by atoms with Gasteiger partial charge in [0.1, 0.15) is 0 Å². The number of hydrogen-bond donors (Lipinski definition) is 0. The van der Waals surface area contributed by atoms with E-state index in [0.29, 0.717) is 17.6 Å². The largest absolute Gasteiger partial charge is 0.308 e. The minimum atomic E-state index is 0.589. The molecular formula is C41H25N5. The van der Waals surface area contributed by atoms with Gasteiger partial charge in [-0.3, -0.25) is 4.57 Å². The van der Waals surface area contributed by atoms with Crippen LogP contribution in [0.4, 0.5) is 0 Å². The molecule has 5 heteroatoms. The van der Waals surface area contributed by atoms with Gasteiger partial charge in [0.15, 0.2) is 11.6 Å². The third kappa shape index (κ3) is 3.60. The molecule has 1 aliphatic heterocycles. The highest BCUT2D eigenvalue weighted by molar-refractivity contribution is 6.15. The van der Waals surface area contributed by atoms with E-state index in [2.05, 4.69) is 100 Å². The van der Waals surface area contributed by atoms with Crippen LogP contribution in [0.5, 0.6) is 0 Å². The monoisotopic (exact) mass is 587 g/mol. The standard InChI is InChI=1S/C41H25N5/c1-3-12-27(13-4-1)39-42-40(28-14-5-2-6-15-28)44-41(43-39)46-35-21-10-8-18-31(35)33-24-29-23-22-26-16-11-19-32-30-17-7-9-20-34(30)45(38(26)32)36(29)25-37(33)46/h1-25H. The van der Waals surface area contributed by atoms with Crippen molar-refractivity contribution in [2.75, 3.05) is 0 Å². The van der Waals surface area contributed by atoms with Gasteiger partial charge >= 0.3 is 0 Å². The average molecular weight is 588 g/mol. The molecular weight excluding hydrogens is 562 g/mol. The molecule has 0 N–H and O–H groups in total. The van der Waals surface area contributed by atoms with Gasteiger partial charge in [-0.05, 0) is 35.4 Å². The van der Waals surface area contributed by atoms with Crippen LogP contribution in [0.15, 0.2) is 140 Å². The fourth-order valence-electron chi connectivity index (χ4n) is 7.07. The van der Waals surface area contributed by atoms with Crippen molar-refractivity contribution in [3.8, 4) is 34.4 Å². The Morgan fingerprint density at radius 3 is 1.65 bits per heavy atom. The molecule has 5 nitrogen and oxygen atoms in total. The van der Waals surface area contributed by atoms with E-state index >= 15 is 0 Å². The highest BCUT2D eigenvalue weighted by atomic mass is 15.2. The predicted molar refractivity (Wildman–Crippen MR) is 188 cm³/mol. The molecule has 0 fully saturated rings. The van der Waals surface area contributed by atoms with Gasteiger partial charge in [0.2, 0.25) is 5.95 Å². The van der Waals surface area contributed by atoms with E-state index in [1.807, 2.05) is 60.7 Å². The normalized spacial score (nSPS) is 12.3. The fourth-order valence-corrected chi connectivity index (χ4v) is 7.07. The molecule has 0 amide bonds. The summed E-state index contributed by atoms with van der Waals surface area (Å²) < 4.78 is 4.63. The molecule has 10 rings (SSSR count). The molecule has 46 heavy (non-hydrogen) atoms. The number of rotatable bonds is 3. The zero-order valence-electron chi connectivity index (χ0n) is 24.7. The summed E-state index contributed by atoms with van der Waals surface area (Å²) in [6.07, 6.45) is 4.50. The lowest BCUT2D eigenvalue weighted by Crippen LogP contribution is -2.07. The third-order valence-corrected chi connectivity index (χ3v) is 9.12. The summed E-state index contributed by atoms with van der Waals surface area (Å²) >= 11 is 0. The summed E-state index contributed by atoms with van der Waals surface area (Å²) in [4.78, 5) is 15.2. The predicted octanol–water partition coefficient (Wildman–Crippen LogP) is 9.88. The Hall–Kier alpha value is -6.33. The van der Waals surface area contributed by atoms with Crippen LogP contribution >= 0.6 is 0 Å². The van der Waals surface area contributed by atoms with Crippen LogP contribution < -0.4 is 0 Å². The first-order valence-corrected chi connectivity index (χ1v) is 15.5. The van der Waals surface area contributed by atoms with Gasteiger partial charge in [-0.15, -0.1) is 0 Å². The molecule has 9 aromatic rings. The molecule has 214 valence electrons. The zero-order chi connectivity index (χ0) is 30.2. The molecule has 0 radical (unpaired) electrons. The van der Waals surface area contributed by atoms with Gasteiger partial charge in [-0.25, -0.2) is 4.98 Å². The summed E-state index contributed by atoms with van der Waals surface area (Å²) in [6, 6.07) is 48.7. The Kier molecular flexibility index (Phi) is 5.22. The first kappa shape index (κ1) is 25.0. The second-order valence-corrected chi connectivity index (χ2v) is 11.7. The van der Waals surface area contributed by atoms with Crippen LogP contribution in [-0.2, 0) is 0 Å². The van der Waals surface area contributed by atoms with Crippen molar-refractivity contribution in [1.82, 2.24) is 24.1 Å². The molecule has 4 heterocycles. The van der Waals surface area contributed by atoms with Crippen LogP contribution in [-0.4, -0.2) is 24.1 Å². The van der Waals surface area contributed by atoms with Crippen molar-refractivity contribution in [3.05, 3.63) is 151 Å². The van der Waals surface area contributed by atoms with Gasteiger partial charge in [-0.2, -0.15) is 9.97 Å². The fraction of sp³-hybridized carbons (Fsp3) is 0. The summed E-state index contributed by atoms with van der Waals surface area (Å²) in [6.45, 7) is 0. The Morgan fingerprint density at radius 1 is 0.391 bits per heavy atom. The van der Waals surface area contributed by atoms with E-state index < -0.39 is 0 Å². The summed E-state index contributed by atoms with van der Waals surface area (Å²) in [5, 5.41) is 4.81. The first-order valence-electron chi connectivity index (χ1n) is 15.5. The number of nitrogens with zero attached hydrogens (tertiary/aromatic N) is 5. The number of para-hydroxylation sites is 3. The van der Waals surface area contributed by atoms with E-state index in [-0.39, 0.29) is 0 Å². The second kappa shape index (κ2) is 9.58. The Bertz CT molecular complexity index is 2620. The number of hydrogen-bond acceptors (Lipinski definition) is 3. The molecule has 0 unspecified atom stereocenters. The maximum atomic E-state index is 5.14. The lowest BCUT2D eigenvalue weighted by Gasteiger charge is -2.14. The lowest BCUT2D eigenvalue weighted by molar-refractivity contribution is 0.953. The molecule has 3 aromatic heterocycles. The van der Waals surface area contributed by atoms with Gasteiger partial charge < -0.3 is 4.57 Å². The summed E-state index contributed by atoms with van der Waals surface area (Å²) in [5.41, 5.74) is 9.90. The Morgan fingerprint density at radius 2 is 0.957 bits per heavy atom. The summed E-state index contributed by atoms with van der Waals surface area (Å²) in [5.74, 6) is 1.87. The minimum absolute atomic E-state index is 0.589. The molecule has 0 atom stereocenters. The van der Waals surface area contributed by atoms with Crippen molar-refractivity contribution in [3.63, 3.8) is 0 Å². The minimum Gasteiger partial charge on any atom is -0.308 e. The van der Waals surface area contributed by atoms with Crippen LogP contribution in [0.2, 0.25) is 0 Å². The third-order valence-electron chi connectivity index (χ3n) is 9.12. The Labute approximate surface area is 264 Å². The van der Waals surface area contributed by atoms with Gasteiger partial charge in [0.05, 0.1) is 27.8 Å². The molecule has 0 saturated carbocycles. The topological polar surface area (TPSA) is 48.5 Å². The highest BCUT2D eigenvalue weighted by Gasteiger charge is 2.23. The maximum Gasteiger partial charge on any atom is 0.238 e. The van der Waals surface area contributed by atoms with E-state index in [4.69, 9.17) is 15.0 Å². The number of aromatic nitrogens is 5. The molecule has 0 aliphatic carbocycles. The summed E-state index contributed by atoms with van der Waals surface area (Å²) in [7, 11) is 0. The first-order chi connectivity index (χ1) is 22.8. The maximum absolute atomic E-state index is 5.14. The smallest absolute Gasteiger partial charge is 0.238 e. The van der Waals surface area contributed by atoms with Gasteiger partial charge in [0, 0.05) is 32.7 Å². The molecule has 6 aromatic carbocycles. The van der Waals surface area contributed by atoms with Gasteiger partial charge in [0.25, 0.3) is 0 Å². The molecule has 0 spiro atoms.